The summed E-state index contributed by atoms with van der Waals surface area (Å²) in [4.78, 5) is 31.4. The molecule has 0 atom stereocenters. The van der Waals surface area contributed by atoms with Crippen molar-refractivity contribution in [3.63, 3.8) is 0 Å². The van der Waals surface area contributed by atoms with Crippen molar-refractivity contribution in [3.05, 3.63) is 40.2 Å². The van der Waals surface area contributed by atoms with Crippen LogP contribution in [0.4, 0.5) is 9.18 Å². The van der Waals surface area contributed by atoms with Crippen LogP contribution >= 0.6 is 11.6 Å². The van der Waals surface area contributed by atoms with Crippen LogP contribution in [0.2, 0.25) is 5.02 Å². The van der Waals surface area contributed by atoms with Crippen molar-refractivity contribution >= 4 is 34.9 Å². The highest BCUT2D eigenvalue weighted by Gasteiger charge is 2.49. The van der Waals surface area contributed by atoms with Gasteiger partial charge in [0.05, 0.1) is 35.1 Å². The molecule has 0 aromatic heterocycles. The Hall–Kier alpha value is -2.65. The van der Waals surface area contributed by atoms with E-state index in [9.17, 15) is 19.1 Å². The average Bonchev–Trinajstić information content (AvgIpc) is 2.82. The van der Waals surface area contributed by atoms with Gasteiger partial charge in [0.15, 0.2) is 0 Å². The van der Waals surface area contributed by atoms with Crippen molar-refractivity contribution in [2.24, 2.45) is 21.9 Å². The van der Waals surface area contributed by atoms with Crippen LogP contribution < -0.4 is 16.8 Å². The van der Waals surface area contributed by atoms with E-state index in [-0.39, 0.29) is 46.4 Å². The van der Waals surface area contributed by atoms with Crippen LogP contribution in [0.1, 0.15) is 44.1 Å². The molecule has 3 aliphatic carbocycles. The summed E-state index contributed by atoms with van der Waals surface area (Å²) < 4.78 is 13.5. The van der Waals surface area contributed by atoms with E-state index in [1.54, 1.807) is 4.90 Å². The lowest BCUT2D eigenvalue weighted by atomic mass is 9.57. The van der Waals surface area contributed by atoms with Crippen LogP contribution in [-0.2, 0) is 4.79 Å². The third kappa shape index (κ3) is 4.56. The molecule has 1 aliphatic heterocycles. The van der Waals surface area contributed by atoms with Gasteiger partial charge in [-0.2, -0.15) is 0 Å². The summed E-state index contributed by atoms with van der Waals surface area (Å²) in [6.07, 6.45) is 5.25. The van der Waals surface area contributed by atoms with E-state index in [2.05, 4.69) is 10.3 Å². The lowest BCUT2D eigenvalue weighted by Crippen LogP contribution is -2.60. The molecule has 10 heteroatoms. The molecule has 33 heavy (non-hydrogen) atoms. The number of nitrogens with zero attached hydrogens (tertiary/aromatic N) is 2. The second kappa shape index (κ2) is 8.95. The molecule has 1 aromatic rings. The molecule has 3 fully saturated rings. The summed E-state index contributed by atoms with van der Waals surface area (Å²) in [5.41, 5.74) is 12.3. The number of rotatable bonds is 5. The quantitative estimate of drug-likeness (QED) is 0.483. The van der Waals surface area contributed by atoms with Gasteiger partial charge in [-0.25, -0.2) is 9.18 Å². The Kier molecular flexibility index (Phi) is 6.37. The normalized spacial score (nSPS) is 27.6. The Morgan fingerprint density at radius 2 is 1.85 bits per heavy atom. The standard InChI is InChI=1S/C23H29ClFN5O3/c24-15-11-14(1-2-16(15)25)19(26)18(20(27)32)17-12-30(10-9-28-17)21(33)29-23-6-3-22(13-31,4-7-23)5-8-23/h1-2,11,31H,3-10,12-13,26H2,(H2,27,32)(H,29,33). The molecule has 2 bridgehead atoms. The van der Waals surface area contributed by atoms with Crippen molar-refractivity contribution in [2.45, 2.75) is 44.1 Å². The van der Waals surface area contributed by atoms with Gasteiger partial charge in [0, 0.05) is 18.7 Å². The van der Waals surface area contributed by atoms with Gasteiger partial charge in [-0.15, -0.1) is 0 Å². The number of carbonyl (C=O) groups is 2. The average molecular weight is 478 g/mol. The molecule has 1 heterocycles. The number of aliphatic hydroxyl groups excluding tert-OH is 1. The number of halogens is 2. The van der Waals surface area contributed by atoms with Crippen LogP contribution in [0.3, 0.4) is 0 Å². The van der Waals surface area contributed by atoms with Gasteiger partial charge in [0.25, 0.3) is 5.91 Å². The number of nitrogens with one attached hydrogen (secondary N) is 1. The summed E-state index contributed by atoms with van der Waals surface area (Å²) >= 11 is 5.86. The van der Waals surface area contributed by atoms with Gasteiger partial charge >= 0.3 is 6.03 Å². The maximum Gasteiger partial charge on any atom is 0.318 e. The fourth-order valence-corrected chi connectivity index (χ4v) is 5.36. The second-order valence-electron chi connectivity index (χ2n) is 9.40. The van der Waals surface area contributed by atoms with Gasteiger partial charge < -0.3 is 26.8 Å². The molecule has 0 radical (unpaired) electrons. The number of amides is 3. The number of carbonyl (C=O) groups excluding carboxylic acids is 2. The van der Waals surface area contributed by atoms with Gasteiger partial charge in [0.1, 0.15) is 5.82 Å². The Labute approximate surface area is 196 Å². The van der Waals surface area contributed by atoms with E-state index >= 15 is 0 Å². The lowest BCUT2D eigenvalue weighted by molar-refractivity contribution is -0.114. The van der Waals surface area contributed by atoms with Crippen LogP contribution in [0.25, 0.3) is 5.70 Å². The van der Waals surface area contributed by atoms with E-state index in [1.165, 1.54) is 12.1 Å². The number of aliphatic hydroxyl groups is 1. The maximum atomic E-state index is 13.5. The predicted octanol–water partition coefficient (Wildman–Crippen LogP) is 2.19. The minimum atomic E-state index is -0.785. The number of hydrogen-bond acceptors (Lipinski definition) is 5. The van der Waals surface area contributed by atoms with Gasteiger partial charge in [0.2, 0.25) is 0 Å². The molecule has 3 saturated carbocycles. The van der Waals surface area contributed by atoms with Gasteiger partial charge in [-0.05, 0) is 67.7 Å². The maximum absolute atomic E-state index is 13.5. The summed E-state index contributed by atoms with van der Waals surface area (Å²) in [7, 11) is 0. The first-order valence-corrected chi connectivity index (χ1v) is 11.5. The number of nitrogens with two attached hydrogens (primary N) is 2. The van der Waals surface area contributed by atoms with Crippen LogP contribution in [0, 0.1) is 11.2 Å². The third-order valence-corrected chi connectivity index (χ3v) is 7.73. The highest BCUT2D eigenvalue weighted by atomic mass is 35.5. The Morgan fingerprint density at radius 3 is 2.42 bits per heavy atom. The van der Waals surface area contributed by atoms with Crippen LogP contribution in [0.15, 0.2) is 28.8 Å². The zero-order valence-electron chi connectivity index (χ0n) is 18.4. The SMILES string of the molecule is NC(=O)C(C1=NCCN(C(=O)NC23CCC(CO)(CC2)CC3)C1)=C(N)c1ccc(F)c(Cl)c1. The topological polar surface area (TPSA) is 134 Å². The number of benzene rings is 1. The zero-order valence-corrected chi connectivity index (χ0v) is 19.1. The number of aliphatic imine (C=N–C) groups is 1. The highest BCUT2D eigenvalue weighted by molar-refractivity contribution is 6.31. The minimum absolute atomic E-state index is 0.00333. The number of fused-ring (bicyclic) bond motifs is 3. The lowest BCUT2D eigenvalue weighted by Gasteiger charge is -2.53. The predicted molar refractivity (Wildman–Crippen MR) is 124 cm³/mol. The molecular weight excluding hydrogens is 449 g/mol. The highest BCUT2D eigenvalue weighted by Crippen LogP contribution is 2.52. The molecule has 5 rings (SSSR count). The fourth-order valence-electron chi connectivity index (χ4n) is 5.18. The second-order valence-corrected chi connectivity index (χ2v) is 9.81. The molecule has 178 valence electrons. The summed E-state index contributed by atoms with van der Waals surface area (Å²) in [6.45, 7) is 0.986. The smallest absolute Gasteiger partial charge is 0.318 e. The van der Waals surface area contributed by atoms with E-state index in [1.807, 2.05) is 0 Å². The number of urea groups is 1. The monoisotopic (exact) mass is 477 g/mol. The van der Waals surface area contributed by atoms with E-state index in [0.29, 0.717) is 24.4 Å². The zero-order chi connectivity index (χ0) is 23.8. The first-order chi connectivity index (χ1) is 15.7. The fraction of sp³-hybridized carbons (Fsp3) is 0.522. The van der Waals surface area contributed by atoms with E-state index in [4.69, 9.17) is 23.1 Å². The van der Waals surface area contributed by atoms with Crippen molar-refractivity contribution in [1.82, 2.24) is 10.2 Å². The van der Waals surface area contributed by atoms with E-state index in [0.717, 1.165) is 44.6 Å². The van der Waals surface area contributed by atoms with Crippen LogP contribution in [0.5, 0.6) is 0 Å². The number of primary amides is 1. The molecule has 0 saturated heterocycles. The van der Waals surface area contributed by atoms with Gasteiger partial charge in [-0.3, -0.25) is 9.79 Å². The number of hydrogen-bond donors (Lipinski definition) is 4. The molecule has 4 aliphatic rings. The summed E-state index contributed by atoms with van der Waals surface area (Å²) in [6, 6.07) is 3.67. The first kappa shape index (κ1) is 23.5. The van der Waals surface area contributed by atoms with Crippen molar-refractivity contribution in [3.8, 4) is 0 Å². The minimum Gasteiger partial charge on any atom is -0.398 e. The molecule has 3 amide bonds. The molecule has 1 aromatic carbocycles. The van der Waals surface area contributed by atoms with Crippen molar-refractivity contribution < 1.29 is 19.1 Å². The van der Waals surface area contributed by atoms with Gasteiger partial charge in [-0.1, -0.05) is 11.6 Å². The van der Waals surface area contributed by atoms with E-state index < -0.39 is 11.7 Å². The molecule has 0 unspecified atom stereocenters. The summed E-state index contributed by atoms with van der Waals surface area (Å²) in [5.74, 6) is -1.39. The largest absolute Gasteiger partial charge is 0.398 e. The van der Waals surface area contributed by atoms with Crippen molar-refractivity contribution in [1.29, 1.82) is 0 Å². The Morgan fingerprint density at radius 1 is 1.18 bits per heavy atom. The van der Waals surface area contributed by atoms with Crippen LogP contribution in [-0.4, -0.2) is 59.4 Å². The molecular formula is C23H29ClFN5O3. The Balaban J connectivity index is 1.51. The molecule has 6 N–H and O–H groups in total. The third-order valence-electron chi connectivity index (χ3n) is 7.44. The molecule has 0 spiro atoms. The first-order valence-electron chi connectivity index (χ1n) is 11.1. The summed E-state index contributed by atoms with van der Waals surface area (Å²) in [5, 5.41) is 12.8. The molecule has 8 nitrogen and oxygen atoms in total. The van der Waals surface area contributed by atoms with Crippen molar-refractivity contribution in [2.75, 3.05) is 26.2 Å². The Bertz CT molecular complexity index is 1020.